The fourth-order valence-corrected chi connectivity index (χ4v) is 6.03. The van der Waals surface area contributed by atoms with Crippen molar-refractivity contribution < 1.29 is 19.5 Å². The molecule has 37 heavy (non-hydrogen) atoms. The first-order chi connectivity index (χ1) is 17.6. The molecule has 4 rings (SSSR count). The third kappa shape index (κ3) is 6.21. The number of carbonyl (C=O) groups is 3. The van der Waals surface area contributed by atoms with E-state index in [9.17, 15) is 19.5 Å². The fraction of sp³-hybridized carbons (Fsp3) is 0.500. The SMILES string of the molecule is CC(C)(N)C(=O)N[C@H](CCCc1ccccc1)C(=O)N1CCC2(CC1)C[C@@H](CC(=O)O)c1ccccc12. The highest BCUT2D eigenvalue weighted by Gasteiger charge is 2.46. The molecule has 0 unspecified atom stereocenters. The molecular weight excluding hydrogens is 466 g/mol. The van der Waals surface area contributed by atoms with E-state index in [4.69, 9.17) is 5.73 Å². The van der Waals surface area contributed by atoms with Crippen molar-refractivity contribution in [3.63, 3.8) is 0 Å². The van der Waals surface area contributed by atoms with Crippen molar-refractivity contribution in [3.8, 4) is 0 Å². The van der Waals surface area contributed by atoms with Gasteiger partial charge in [-0.05, 0) is 80.4 Å². The monoisotopic (exact) mass is 505 g/mol. The van der Waals surface area contributed by atoms with Gasteiger partial charge in [0.25, 0.3) is 0 Å². The molecule has 0 aromatic heterocycles. The number of aryl methyl sites for hydroxylation is 1. The summed E-state index contributed by atoms with van der Waals surface area (Å²) in [7, 11) is 0. The maximum absolute atomic E-state index is 13.7. The second-order valence-electron chi connectivity index (χ2n) is 11.3. The third-order valence-electron chi connectivity index (χ3n) is 8.05. The van der Waals surface area contributed by atoms with Crippen LogP contribution < -0.4 is 11.1 Å². The van der Waals surface area contributed by atoms with Crippen molar-refractivity contribution >= 4 is 17.8 Å². The van der Waals surface area contributed by atoms with Gasteiger partial charge in [0.15, 0.2) is 0 Å². The summed E-state index contributed by atoms with van der Waals surface area (Å²) in [5.74, 6) is -1.16. The number of carboxylic acid groups (broad SMARTS) is 1. The maximum Gasteiger partial charge on any atom is 0.303 e. The topological polar surface area (TPSA) is 113 Å². The Hall–Kier alpha value is -3.19. The van der Waals surface area contributed by atoms with Crippen LogP contribution in [0.5, 0.6) is 0 Å². The first-order valence-corrected chi connectivity index (χ1v) is 13.3. The first kappa shape index (κ1) is 26.9. The van der Waals surface area contributed by atoms with E-state index in [0.717, 1.165) is 37.7 Å². The molecule has 198 valence electrons. The number of nitrogens with two attached hydrogens (primary N) is 1. The van der Waals surface area contributed by atoms with Gasteiger partial charge in [0, 0.05) is 13.1 Å². The van der Waals surface area contributed by atoms with Gasteiger partial charge in [-0.1, -0.05) is 54.6 Å². The van der Waals surface area contributed by atoms with E-state index in [1.54, 1.807) is 13.8 Å². The molecule has 0 radical (unpaired) electrons. The number of fused-ring (bicyclic) bond motifs is 2. The van der Waals surface area contributed by atoms with E-state index in [1.807, 2.05) is 35.2 Å². The van der Waals surface area contributed by atoms with Gasteiger partial charge >= 0.3 is 5.97 Å². The van der Waals surface area contributed by atoms with Crippen LogP contribution in [0.3, 0.4) is 0 Å². The Bertz CT molecular complexity index is 1120. The molecule has 7 nitrogen and oxygen atoms in total. The van der Waals surface area contributed by atoms with Crippen LogP contribution >= 0.6 is 0 Å². The van der Waals surface area contributed by atoms with Gasteiger partial charge in [-0.2, -0.15) is 0 Å². The van der Waals surface area contributed by atoms with Crippen molar-refractivity contribution in [2.75, 3.05) is 13.1 Å². The molecule has 1 fully saturated rings. The van der Waals surface area contributed by atoms with E-state index in [2.05, 4.69) is 29.6 Å². The molecule has 2 aliphatic rings. The van der Waals surface area contributed by atoms with Crippen molar-refractivity contribution in [2.45, 2.75) is 81.7 Å². The lowest BCUT2D eigenvalue weighted by molar-refractivity contribution is -0.139. The van der Waals surface area contributed by atoms with Crippen LogP contribution in [0.4, 0.5) is 0 Å². The number of piperidine rings is 1. The quantitative estimate of drug-likeness (QED) is 0.480. The van der Waals surface area contributed by atoms with Crippen molar-refractivity contribution in [3.05, 3.63) is 71.3 Å². The standard InChI is InChI=1S/C30H39N3O4/c1-29(2,31)28(37)32-25(14-8-11-21-9-4-3-5-10-21)27(36)33-17-15-30(16-18-33)20-22(19-26(34)35)23-12-6-7-13-24(23)30/h3-7,9-10,12-13,22,25H,8,11,14-20,31H2,1-2H3,(H,32,37)(H,34,35)/t22-,25-/m1/s1. The summed E-state index contributed by atoms with van der Waals surface area (Å²) in [5, 5.41) is 12.4. The summed E-state index contributed by atoms with van der Waals surface area (Å²) < 4.78 is 0. The highest BCUT2D eigenvalue weighted by atomic mass is 16.4. The second-order valence-corrected chi connectivity index (χ2v) is 11.3. The Morgan fingerprint density at radius 2 is 1.73 bits per heavy atom. The molecule has 1 aliphatic heterocycles. The molecule has 2 aromatic carbocycles. The minimum Gasteiger partial charge on any atom is -0.481 e. The largest absolute Gasteiger partial charge is 0.481 e. The van der Waals surface area contributed by atoms with E-state index >= 15 is 0 Å². The number of nitrogens with zero attached hydrogens (tertiary/aromatic N) is 1. The average molecular weight is 506 g/mol. The Morgan fingerprint density at radius 1 is 1.08 bits per heavy atom. The Kier molecular flexibility index (Phi) is 8.02. The van der Waals surface area contributed by atoms with E-state index in [0.29, 0.717) is 19.5 Å². The summed E-state index contributed by atoms with van der Waals surface area (Å²) in [6.07, 6.45) is 4.66. The van der Waals surface area contributed by atoms with Crippen LogP contribution in [0.2, 0.25) is 0 Å². The van der Waals surface area contributed by atoms with Crippen LogP contribution in [-0.2, 0) is 26.2 Å². The lowest BCUT2D eigenvalue weighted by atomic mass is 9.73. The summed E-state index contributed by atoms with van der Waals surface area (Å²) in [6, 6.07) is 17.7. The third-order valence-corrected chi connectivity index (χ3v) is 8.05. The number of benzene rings is 2. The second kappa shape index (κ2) is 11.1. The number of carboxylic acids is 1. The normalized spacial score (nSPS) is 19.3. The number of nitrogens with one attached hydrogen (secondary N) is 1. The lowest BCUT2D eigenvalue weighted by Gasteiger charge is -2.41. The van der Waals surface area contributed by atoms with E-state index in [1.165, 1.54) is 11.1 Å². The highest BCUT2D eigenvalue weighted by Crippen LogP contribution is 2.52. The highest BCUT2D eigenvalue weighted by molar-refractivity contribution is 5.91. The molecule has 1 heterocycles. The smallest absolute Gasteiger partial charge is 0.303 e. The first-order valence-electron chi connectivity index (χ1n) is 13.3. The zero-order chi connectivity index (χ0) is 26.6. The van der Waals surface area contributed by atoms with Crippen LogP contribution in [0.1, 0.15) is 75.0 Å². The molecule has 7 heteroatoms. The van der Waals surface area contributed by atoms with Gasteiger partial charge in [0.2, 0.25) is 11.8 Å². The number of carbonyl (C=O) groups excluding carboxylic acids is 2. The van der Waals surface area contributed by atoms with E-state index < -0.39 is 17.6 Å². The summed E-state index contributed by atoms with van der Waals surface area (Å²) >= 11 is 0. The van der Waals surface area contributed by atoms with Gasteiger partial charge in [-0.15, -0.1) is 0 Å². The van der Waals surface area contributed by atoms with E-state index in [-0.39, 0.29) is 29.6 Å². The minimum atomic E-state index is -1.07. The zero-order valence-electron chi connectivity index (χ0n) is 21.9. The molecular formula is C30H39N3O4. The lowest BCUT2D eigenvalue weighted by Crippen LogP contribution is -2.57. The summed E-state index contributed by atoms with van der Waals surface area (Å²) in [6.45, 7) is 4.46. The Morgan fingerprint density at radius 3 is 2.38 bits per heavy atom. The van der Waals surface area contributed by atoms with Gasteiger partial charge in [0.05, 0.1) is 12.0 Å². The number of likely N-dealkylation sites (tertiary alicyclic amines) is 1. The molecule has 4 N–H and O–H groups in total. The van der Waals surface area contributed by atoms with Crippen LogP contribution in [0.25, 0.3) is 0 Å². The van der Waals surface area contributed by atoms with Crippen molar-refractivity contribution in [1.82, 2.24) is 10.2 Å². The molecule has 2 amide bonds. The number of amides is 2. The van der Waals surface area contributed by atoms with Gasteiger partial charge in [-0.25, -0.2) is 0 Å². The molecule has 0 saturated carbocycles. The van der Waals surface area contributed by atoms with Crippen LogP contribution in [0.15, 0.2) is 54.6 Å². The molecule has 0 bridgehead atoms. The molecule has 2 aromatic rings. The molecule has 1 saturated heterocycles. The van der Waals surface area contributed by atoms with Crippen LogP contribution in [-0.4, -0.2) is 52.5 Å². The molecule has 1 aliphatic carbocycles. The minimum absolute atomic E-state index is 0.00719. The average Bonchev–Trinajstić information content (AvgIpc) is 3.15. The summed E-state index contributed by atoms with van der Waals surface area (Å²) in [4.78, 5) is 39.7. The number of hydrogen-bond acceptors (Lipinski definition) is 4. The van der Waals surface area contributed by atoms with Crippen molar-refractivity contribution in [2.24, 2.45) is 5.73 Å². The van der Waals surface area contributed by atoms with Gasteiger partial charge < -0.3 is 21.1 Å². The fourth-order valence-electron chi connectivity index (χ4n) is 6.03. The number of rotatable bonds is 9. The predicted molar refractivity (Wildman–Crippen MR) is 143 cm³/mol. The maximum atomic E-state index is 13.7. The van der Waals surface area contributed by atoms with Crippen LogP contribution in [0, 0.1) is 0 Å². The Labute approximate surface area is 219 Å². The predicted octanol–water partition coefficient (Wildman–Crippen LogP) is 3.75. The Balaban J connectivity index is 1.44. The summed E-state index contributed by atoms with van der Waals surface area (Å²) in [5.41, 5.74) is 8.43. The number of aliphatic carboxylic acids is 1. The number of hydrogen-bond donors (Lipinski definition) is 3. The van der Waals surface area contributed by atoms with Crippen molar-refractivity contribution in [1.29, 1.82) is 0 Å². The van der Waals surface area contributed by atoms with Gasteiger partial charge in [-0.3, -0.25) is 14.4 Å². The molecule has 2 atom stereocenters. The molecule has 1 spiro atoms. The van der Waals surface area contributed by atoms with Gasteiger partial charge in [0.1, 0.15) is 6.04 Å². The zero-order valence-corrected chi connectivity index (χ0v) is 21.9.